The van der Waals surface area contributed by atoms with E-state index in [1.54, 1.807) is 32.2 Å². The fourth-order valence-electron chi connectivity index (χ4n) is 2.25. The first-order valence-electron chi connectivity index (χ1n) is 7.43. The van der Waals surface area contributed by atoms with Crippen molar-refractivity contribution >= 4 is 16.0 Å². The molecule has 2 heterocycles. The van der Waals surface area contributed by atoms with Gasteiger partial charge in [-0.1, -0.05) is 12.1 Å². The molecule has 0 aliphatic heterocycles. The van der Waals surface area contributed by atoms with Crippen LogP contribution >= 0.6 is 0 Å². The van der Waals surface area contributed by atoms with Gasteiger partial charge in [-0.25, -0.2) is 23.2 Å². The lowest BCUT2D eigenvalue weighted by atomic mass is 10.2. The molecule has 0 saturated carbocycles. The lowest BCUT2D eigenvalue weighted by molar-refractivity contribution is 0.414. The second kappa shape index (κ2) is 6.89. The molecule has 0 unspecified atom stereocenters. The van der Waals surface area contributed by atoms with Gasteiger partial charge in [0.15, 0.2) is 0 Å². The topological polar surface area (TPSA) is 90.2 Å². The average Bonchev–Trinajstić information content (AvgIpc) is 3.15. The Bertz CT molecular complexity index is 940. The van der Waals surface area contributed by atoms with E-state index in [1.807, 2.05) is 12.1 Å². The summed E-state index contributed by atoms with van der Waals surface area (Å²) < 4.78 is 33.4. The number of rotatable bonds is 6. The number of aryl methyl sites for hydroxylation is 1. The first-order chi connectivity index (χ1) is 12.0. The van der Waals surface area contributed by atoms with E-state index >= 15 is 0 Å². The molecule has 9 heteroatoms. The van der Waals surface area contributed by atoms with Gasteiger partial charge in [-0.3, -0.25) is 0 Å². The fourth-order valence-corrected chi connectivity index (χ4v) is 3.51. The van der Waals surface area contributed by atoms with Crippen LogP contribution in [-0.4, -0.2) is 34.5 Å². The van der Waals surface area contributed by atoms with Gasteiger partial charge in [0.05, 0.1) is 13.7 Å². The highest BCUT2D eigenvalue weighted by atomic mass is 32.2. The number of imidazole rings is 1. The van der Waals surface area contributed by atoms with E-state index in [4.69, 9.17) is 4.74 Å². The number of nitrogens with zero attached hydrogens (tertiary/aromatic N) is 5. The summed E-state index contributed by atoms with van der Waals surface area (Å²) >= 11 is 0. The Hall–Kier alpha value is -2.94. The van der Waals surface area contributed by atoms with Gasteiger partial charge in [-0.2, -0.15) is 8.42 Å². The van der Waals surface area contributed by atoms with E-state index < -0.39 is 10.2 Å². The van der Waals surface area contributed by atoms with E-state index in [-0.39, 0.29) is 12.4 Å². The highest BCUT2D eigenvalue weighted by Gasteiger charge is 2.26. The molecule has 0 aliphatic carbocycles. The van der Waals surface area contributed by atoms with Crippen LogP contribution in [0.25, 0.3) is 0 Å². The van der Waals surface area contributed by atoms with Gasteiger partial charge < -0.3 is 4.74 Å². The molecule has 0 N–H and O–H groups in total. The Kier molecular flexibility index (Phi) is 4.66. The number of ether oxygens (including phenoxy) is 1. The fraction of sp³-hybridized carbons (Fsp3) is 0.188. The van der Waals surface area contributed by atoms with E-state index in [2.05, 4.69) is 15.0 Å². The van der Waals surface area contributed by atoms with Crippen LogP contribution in [-0.2, 0) is 16.8 Å². The molecule has 1 aromatic carbocycles. The minimum Gasteiger partial charge on any atom is -0.497 e. The smallest absolute Gasteiger partial charge is 0.332 e. The summed E-state index contributed by atoms with van der Waals surface area (Å²) in [6.45, 7) is 1.89. The first-order valence-corrected chi connectivity index (χ1v) is 8.83. The third-order valence-electron chi connectivity index (χ3n) is 3.56. The van der Waals surface area contributed by atoms with E-state index in [9.17, 15) is 8.42 Å². The molecule has 25 heavy (non-hydrogen) atoms. The van der Waals surface area contributed by atoms with E-state index in [0.717, 1.165) is 9.54 Å². The second-order valence-electron chi connectivity index (χ2n) is 5.27. The molecular weight excluding hydrogens is 342 g/mol. The molecule has 0 atom stereocenters. The molecule has 0 amide bonds. The van der Waals surface area contributed by atoms with Crippen LogP contribution in [0.2, 0.25) is 0 Å². The number of anilines is 1. The van der Waals surface area contributed by atoms with Crippen LogP contribution in [0.3, 0.4) is 0 Å². The number of methoxy groups -OCH3 is 1. The van der Waals surface area contributed by atoms with Crippen molar-refractivity contribution in [2.45, 2.75) is 13.5 Å². The molecule has 8 nitrogen and oxygen atoms in total. The average molecular weight is 359 g/mol. The molecule has 0 radical (unpaired) electrons. The number of benzene rings is 1. The summed E-state index contributed by atoms with van der Waals surface area (Å²) in [5.74, 6) is 0.989. The Labute approximate surface area is 145 Å². The molecule has 2 aromatic heterocycles. The van der Waals surface area contributed by atoms with Gasteiger partial charge in [-0.05, 0) is 24.6 Å². The van der Waals surface area contributed by atoms with Crippen LogP contribution in [0.1, 0.15) is 11.3 Å². The minimum atomic E-state index is -3.88. The van der Waals surface area contributed by atoms with Crippen LogP contribution < -0.4 is 9.04 Å². The molecule has 130 valence electrons. The lowest BCUT2D eigenvalue weighted by Crippen LogP contribution is -2.35. The highest BCUT2D eigenvalue weighted by molar-refractivity contribution is 7.91. The van der Waals surface area contributed by atoms with Crippen molar-refractivity contribution in [1.29, 1.82) is 0 Å². The third kappa shape index (κ3) is 3.61. The molecule has 3 aromatic rings. The third-order valence-corrected chi connectivity index (χ3v) is 5.18. The zero-order valence-electron chi connectivity index (χ0n) is 13.8. The minimum absolute atomic E-state index is 0.112. The van der Waals surface area contributed by atoms with Gasteiger partial charge >= 0.3 is 10.2 Å². The van der Waals surface area contributed by atoms with Crippen LogP contribution in [0.15, 0.2) is 55.4 Å². The van der Waals surface area contributed by atoms with Crippen LogP contribution in [0.5, 0.6) is 5.75 Å². The zero-order chi connectivity index (χ0) is 17.9. The summed E-state index contributed by atoms with van der Waals surface area (Å²) in [7, 11) is -2.30. The van der Waals surface area contributed by atoms with Crippen molar-refractivity contribution in [2.24, 2.45) is 0 Å². The molecule has 0 spiro atoms. The molecule has 0 bridgehead atoms. The monoisotopic (exact) mass is 359 g/mol. The first kappa shape index (κ1) is 16.9. The second-order valence-corrected chi connectivity index (χ2v) is 7.03. The van der Waals surface area contributed by atoms with Gasteiger partial charge in [-0.15, -0.1) is 0 Å². The molecule has 0 aliphatic rings. The Morgan fingerprint density at radius 2 is 1.96 bits per heavy atom. The molecular formula is C16H17N5O3S. The maximum atomic E-state index is 13.0. The summed E-state index contributed by atoms with van der Waals surface area (Å²) in [4.78, 5) is 12.0. The summed E-state index contributed by atoms with van der Waals surface area (Å²) in [5.41, 5.74) is 1.46. The van der Waals surface area contributed by atoms with Crippen LogP contribution in [0, 0.1) is 6.92 Å². The van der Waals surface area contributed by atoms with Crippen molar-refractivity contribution in [3.63, 3.8) is 0 Å². The predicted octanol–water partition coefficient (Wildman–Crippen LogP) is 1.79. The Balaban J connectivity index is 2.02. The predicted molar refractivity (Wildman–Crippen MR) is 92.5 cm³/mol. The maximum absolute atomic E-state index is 13.0. The lowest BCUT2D eigenvalue weighted by Gasteiger charge is -2.23. The van der Waals surface area contributed by atoms with Gasteiger partial charge in [0.25, 0.3) is 0 Å². The largest absolute Gasteiger partial charge is 0.497 e. The van der Waals surface area contributed by atoms with Gasteiger partial charge in [0.1, 0.15) is 24.2 Å². The quantitative estimate of drug-likeness (QED) is 0.666. The molecule has 3 rings (SSSR count). The van der Waals surface area contributed by atoms with Crippen molar-refractivity contribution < 1.29 is 13.2 Å². The van der Waals surface area contributed by atoms with E-state index in [0.29, 0.717) is 11.4 Å². The van der Waals surface area contributed by atoms with Gasteiger partial charge in [0.2, 0.25) is 0 Å². The zero-order valence-corrected chi connectivity index (χ0v) is 14.6. The Morgan fingerprint density at radius 1 is 1.20 bits per heavy atom. The van der Waals surface area contributed by atoms with Crippen molar-refractivity contribution in [3.05, 3.63) is 66.6 Å². The summed E-state index contributed by atoms with van der Waals surface area (Å²) in [6, 6.07) is 8.80. The molecule has 0 fully saturated rings. The van der Waals surface area contributed by atoms with E-state index in [1.165, 1.54) is 29.4 Å². The Morgan fingerprint density at radius 3 is 2.56 bits per heavy atom. The number of hydrogen-bond donors (Lipinski definition) is 0. The van der Waals surface area contributed by atoms with Crippen molar-refractivity contribution in [2.75, 3.05) is 11.4 Å². The van der Waals surface area contributed by atoms with Crippen molar-refractivity contribution in [3.8, 4) is 5.75 Å². The summed E-state index contributed by atoms with van der Waals surface area (Å²) in [6.07, 6.45) is 5.37. The maximum Gasteiger partial charge on any atom is 0.332 e. The normalized spacial score (nSPS) is 11.3. The highest BCUT2D eigenvalue weighted by Crippen LogP contribution is 2.21. The van der Waals surface area contributed by atoms with Gasteiger partial charge in [0, 0.05) is 24.2 Å². The van der Waals surface area contributed by atoms with Crippen molar-refractivity contribution in [1.82, 2.24) is 18.9 Å². The standard InChI is InChI=1S/C16H17N5O3S/c1-13-9-16(19-11-18-13)21(25(22,23)20-8-7-17-12-20)10-14-3-5-15(24-2)6-4-14/h3-9,11-12H,10H2,1-2H3. The summed E-state index contributed by atoms with van der Waals surface area (Å²) in [5, 5.41) is 0. The van der Waals surface area contributed by atoms with Crippen LogP contribution in [0.4, 0.5) is 5.82 Å². The number of aromatic nitrogens is 4. The molecule has 0 saturated heterocycles. The number of hydrogen-bond acceptors (Lipinski definition) is 6. The SMILES string of the molecule is COc1ccc(CN(c2cc(C)ncn2)S(=O)(=O)n2ccnc2)cc1.